The van der Waals surface area contributed by atoms with Crippen molar-refractivity contribution in [1.29, 1.82) is 0 Å². The first-order chi connectivity index (χ1) is 26.2. The minimum Gasteiger partial charge on any atom is -0.449 e. The van der Waals surface area contributed by atoms with E-state index < -0.39 is 74.8 Å². The lowest BCUT2D eigenvalue weighted by molar-refractivity contribution is -0.142. The number of carbonyl (C=O) groups is 5. The minimum absolute atomic E-state index is 0.0645. The van der Waals surface area contributed by atoms with Gasteiger partial charge in [-0.3, -0.25) is 24.0 Å². The van der Waals surface area contributed by atoms with Crippen LogP contribution in [0.15, 0.2) is 36.9 Å². The molecule has 15 heteroatoms. The summed E-state index contributed by atoms with van der Waals surface area (Å²) in [6.45, 7) is 8.52. The first-order valence-electron chi connectivity index (χ1n) is 19.7. The van der Waals surface area contributed by atoms with E-state index in [1.165, 1.54) is 11.0 Å². The van der Waals surface area contributed by atoms with E-state index in [0.29, 0.717) is 38.8 Å². The maximum atomic E-state index is 14.7. The molecule has 4 fully saturated rings. The van der Waals surface area contributed by atoms with Crippen molar-refractivity contribution in [2.75, 3.05) is 13.2 Å². The third-order valence-electron chi connectivity index (χ3n) is 12.2. The Kier molecular flexibility index (Phi) is 10.8. The molecule has 0 radical (unpaired) electrons. The average Bonchev–Trinajstić information content (AvgIpc) is 4.05. The molecule has 5 amide bonds. The predicted molar refractivity (Wildman–Crippen MR) is 202 cm³/mol. The summed E-state index contributed by atoms with van der Waals surface area (Å²) in [5.74, 6) is -2.80. The number of cyclic esters (lactones) is 1. The van der Waals surface area contributed by atoms with Crippen LogP contribution in [0.4, 0.5) is 9.59 Å². The van der Waals surface area contributed by atoms with Crippen molar-refractivity contribution >= 4 is 46.0 Å². The summed E-state index contributed by atoms with van der Waals surface area (Å²) in [5, 5.41) is 4.99. The second-order valence-corrected chi connectivity index (χ2v) is 18.9. The molecule has 5 atom stereocenters. The summed E-state index contributed by atoms with van der Waals surface area (Å²) in [5.41, 5.74) is 1.10. The van der Waals surface area contributed by atoms with Crippen molar-refractivity contribution in [2.45, 2.75) is 127 Å². The molecular formula is C40H53N5O9S. The first-order valence-corrected chi connectivity index (χ1v) is 21.2. The molecule has 1 aromatic carbocycles. The van der Waals surface area contributed by atoms with Gasteiger partial charge in [-0.15, -0.1) is 6.58 Å². The molecule has 0 unspecified atom stereocenters. The molecule has 0 aromatic heterocycles. The van der Waals surface area contributed by atoms with E-state index in [2.05, 4.69) is 34.1 Å². The Morgan fingerprint density at radius 3 is 2.53 bits per heavy atom. The van der Waals surface area contributed by atoms with Crippen LogP contribution >= 0.6 is 0 Å². The van der Waals surface area contributed by atoms with E-state index in [1.807, 2.05) is 32.0 Å². The zero-order valence-corrected chi connectivity index (χ0v) is 32.5. The molecule has 3 aliphatic carbocycles. The molecular weight excluding hydrogens is 727 g/mol. The van der Waals surface area contributed by atoms with Gasteiger partial charge in [-0.1, -0.05) is 69.5 Å². The third-order valence-corrected chi connectivity index (χ3v) is 14.0. The number of nitrogens with zero attached hydrogens (tertiary/aromatic N) is 2. The molecule has 1 aromatic rings. The summed E-state index contributed by atoms with van der Waals surface area (Å²) in [6, 6.07) is 3.75. The Balaban J connectivity index is 1.18. The Labute approximate surface area is 322 Å². The topological polar surface area (TPSA) is 181 Å². The number of sulfonamides is 1. The molecule has 3 N–H and O–H groups in total. The highest BCUT2D eigenvalue weighted by Crippen LogP contribution is 2.45. The van der Waals surface area contributed by atoms with E-state index in [4.69, 9.17) is 9.47 Å². The largest absolute Gasteiger partial charge is 0.449 e. The van der Waals surface area contributed by atoms with Gasteiger partial charge in [0.25, 0.3) is 5.91 Å². The number of rotatable bonds is 7. The zero-order chi connectivity index (χ0) is 39.1. The lowest BCUT2D eigenvalue weighted by Crippen LogP contribution is -2.59. The summed E-state index contributed by atoms with van der Waals surface area (Å²) in [6.07, 6.45) is 10.0. The van der Waals surface area contributed by atoms with Crippen LogP contribution in [0.5, 0.6) is 0 Å². The van der Waals surface area contributed by atoms with E-state index >= 15 is 0 Å². The lowest BCUT2D eigenvalue weighted by atomic mass is 9.83. The average molecular weight is 780 g/mol. The number of alkyl carbamates (subject to hydrolysis) is 1. The SMILES string of the molecule is C=C[C@@H]1C[C@]1(NC(=O)[C@@H]1C[C@@H]2CN1C(=O)[C@H](C1CCCCC1)NC(=O)OCC(C)(C)CC/C=C\c1cccc3c1CN(C3)C(=O)O2)C(=O)NS(=O)(=O)C1CC1. The predicted octanol–water partition coefficient (Wildman–Crippen LogP) is 4.29. The van der Waals surface area contributed by atoms with Gasteiger partial charge in [0.05, 0.1) is 24.9 Å². The Hall–Kier alpha value is -4.40. The fourth-order valence-electron chi connectivity index (χ4n) is 8.56. The van der Waals surface area contributed by atoms with Gasteiger partial charge < -0.3 is 25.0 Å². The molecule has 3 saturated carbocycles. The van der Waals surface area contributed by atoms with Gasteiger partial charge in [-0.05, 0) is 73.0 Å². The molecule has 3 aliphatic heterocycles. The normalized spacial score (nSPS) is 30.7. The second kappa shape index (κ2) is 15.3. The fraction of sp³-hybridized carbons (Fsp3) is 0.625. The number of benzene rings is 1. The number of hydrogen-bond acceptors (Lipinski definition) is 9. The molecule has 1 saturated heterocycles. The standard InChI is InChI=1S/C40H53N5O9S/c1-4-28-20-40(28,36(48)43-55(51,52)30-16-17-30)42-34(46)32-19-29-22-45(32)35(47)33(26-12-6-5-7-13-26)41-37(49)53-24-39(2,3)18-9-8-11-25-14-10-15-27-21-44(23-31(25)27)38(50)54-29/h4,8,10-11,14-15,26,28-30,32-33H,1,5-7,9,12-13,16-24H2,2-3H3,(H,41,49)(H,42,46)(H,43,48)/b11-8-/t28-,29-,32+,33+,40-/m1/s1. The summed E-state index contributed by atoms with van der Waals surface area (Å²) in [4.78, 5) is 72.7. The number of nitrogens with one attached hydrogen (secondary N) is 3. The molecule has 55 heavy (non-hydrogen) atoms. The highest BCUT2D eigenvalue weighted by molar-refractivity contribution is 7.91. The van der Waals surface area contributed by atoms with Gasteiger partial charge in [-0.25, -0.2) is 18.0 Å². The van der Waals surface area contributed by atoms with Crippen LogP contribution in [-0.2, 0) is 47.0 Å². The summed E-state index contributed by atoms with van der Waals surface area (Å²) >= 11 is 0. The van der Waals surface area contributed by atoms with Gasteiger partial charge in [0.1, 0.15) is 23.7 Å². The summed E-state index contributed by atoms with van der Waals surface area (Å²) < 4.78 is 39.4. The van der Waals surface area contributed by atoms with Crippen molar-refractivity contribution in [3.8, 4) is 0 Å². The zero-order valence-electron chi connectivity index (χ0n) is 31.7. The molecule has 14 nitrogen and oxygen atoms in total. The van der Waals surface area contributed by atoms with Crippen LogP contribution in [0.2, 0.25) is 0 Å². The van der Waals surface area contributed by atoms with E-state index in [0.717, 1.165) is 48.8 Å². The number of ether oxygens (including phenoxy) is 2. The highest BCUT2D eigenvalue weighted by Gasteiger charge is 2.62. The van der Waals surface area contributed by atoms with Crippen molar-refractivity contribution in [2.24, 2.45) is 17.3 Å². The number of allylic oxidation sites excluding steroid dienone is 1. The number of carbonyl (C=O) groups excluding carboxylic acids is 5. The highest BCUT2D eigenvalue weighted by atomic mass is 32.2. The van der Waals surface area contributed by atoms with E-state index in [9.17, 15) is 32.4 Å². The maximum Gasteiger partial charge on any atom is 0.410 e. The number of fused-ring (bicyclic) bond motifs is 3. The van der Waals surface area contributed by atoms with Crippen molar-refractivity contribution in [1.82, 2.24) is 25.2 Å². The number of amides is 5. The van der Waals surface area contributed by atoms with Crippen molar-refractivity contribution < 1.29 is 41.9 Å². The van der Waals surface area contributed by atoms with E-state index in [-0.39, 0.29) is 37.3 Å². The Morgan fingerprint density at radius 1 is 1.05 bits per heavy atom. The second-order valence-electron chi connectivity index (χ2n) is 17.0. The first kappa shape index (κ1) is 38.9. The van der Waals surface area contributed by atoms with Crippen molar-refractivity contribution in [3.05, 3.63) is 53.6 Å². The Bertz CT molecular complexity index is 1870. The fourth-order valence-corrected chi connectivity index (χ4v) is 9.92. The van der Waals surface area contributed by atoms with Gasteiger partial charge in [0, 0.05) is 18.9 Å². The molecule has 298 valence electrons. The van der Waals surface area contributed by atoms with Crippen molar-refractivity contribution in [3.63, 3.8) is 0 Å². The van der Waals surface area contributed by atoms with Gasteiger partial charge >= 0.3 is 12.2 Å². The molecule has 7 rings (SSSR count). The lowest BCUT2D eigenvalue weighted by Gasteiger charge is -2.35. The maximum absolute atomic E-state index is 14.7. The molecule has 6 aliphatic rings. The molecule has 0 spiro atoms. The van der Waals surface area contributed by atoms with Crippen LogP contribution in [0, 0.1) is 17.3 Å². The molecule has 3 heterocycles. The molecule has 4 bridgehead atoms. The van der Waals surface area contributed by atoms with Crippen LogP contribution in [0.25, 0.3) is 6.08 Å². The smallest absolute Gasteiger partial charge is 0.410 e. The van der Waals surface area contributed by atoms with Crippen LogP contribution in [-0.4, -0.2) is 90.3 Å². The van der Waals surface area contributed by atoms with E-state index in [1.54, 1.807) is 4.90 Å². The van der Waals surface area contributed by atoms with Crippen LogP contribution in [0.3, 0.4) is 0 Å². The Morgan fingerprint density at radius 2 is 1.82 bits per heavy atom. The third kappa shape index (κ3) is 8.41. The quantitative estimate of drug-likeness (QED) is 0.341. The van der Waals surface area contributed by atoms with Crippen LogP contribution < -0.4 is 15.4 Å². The van der Waals surface area contributed by atoms with Gasteiger partial charge in [0.15, 0.2) is 0 Å². The van der Waals surface area contributed by atoms with Gasteiger partial charge in [-0.2, -0.15) is 0 Å². The summed E-state index contributed by atoms with van der Waals surface area (Å²) in [7, 11) is -3.91. The number of hydrogen-bond donors (Lipinski definition) is 3. The van der Waals surface area contributed by atoms with Crippen LogP contribution in [0.1, 0.15) is 101 Å². The van der Waals surface area contributed by atoms with Gasteiger partial charge in [0.2, 0.25) is 21.8 Å². The monoisotopic (exact) mass is 779 g/mol. The minimum atomic E-state index is -3.91.